The highest BCUT2D eigenvalue weighted by atomic mass is 127. The van der Waals surface area contributed by atoms with Gasteiger partial charge in [-0.25, -0.2) is 0 Å². The lowest BCUT2D eigenvalue weighted by atomic mass is 9.87. The van der Waals surface area contributed by atoms with Crippen LogP contribution in [0.15, 0.2) is 72.8 Å². The minimum absolute atomic E-state index is 0.0101. The zero-order valence-corrected chi connectivity index (χ0v) is 22.4. The van der Waals surface area contributed by atoms with E-state index in [0.29, 0.717) is 22.4 Å². The van der Waals surface area contributed by atoms with Crippen LogP contribution in [0.3, 0.4) is 0 Å². The van der Waals surface area contributed by atoms with Crippen LogP contribution < -0.4 is 21.5 Å². The number of thiocarbonyl (C=S) groups is 1. The van der Waals surface area contributed by atoms with Crippen LogP contribution in [-0.2, 0) is 5.41 Å². The van der Waals surface area contributed by atoms with E-state index in [1.807, 2.05) is 24.3 Å². The Kier molecular flexibility index (Phi) is 8.57. The standard InChI is InChI=1S/C26H25IN4O3S/c1-26(2,3)18-12-8-16(9-13-18)22(32)28-19-14-10-17(11-15-19)23(33)30-31-25(35)29-24(34)20-6-4-5-7-21(20)27/h4-15H,1-3H3,(H,28,32)(H,30,33)(H2,29,31,34,35). The summed E-state index contributed by atoms with van der Waals surface area (Å²) < 4.78 is 0.781. The van der Waals surface area contributed by atoms with Crippen molar-refractivity contribution in [2.75, 3.05) is 5.32 Å². The molecule has 35 heavy (non-hydrogen) atoms. The molecule has 0 bridgehead atoms. The van der Waals surface area contributed by atoms with Crippen LogP contribution in [0, 0.1) is 3.57 Å². The number of rotatable bonds is 4. The second kappa shape index (κ2) is 11.4. The lowest BCUT2D eigenvalue weighted by molar-refractivity contribution is 0.0934. The van der Waals surface area contributed by atoms with Crippen molar-refractivity contribution in [3.8, 4) is 0 Å². The number of nitrogens with one attached hydrogen (secondary N) is 4. The van der Waals surface area contributed by atoms with Gasteiger partial charge in [0.15, 0.2) is 5.11 Å². The van der Waals surface area contributed by atoms with E-state index >= 15 is 0 Å². The van der Waals surface area contributed by atoms with Gasteiger partial charge < -0.3 is 5.32 Å². The molecule has 7 nitrogen and oxygen atoms in total. The maximum atomic E-state index is 12.5. The van der Waals surface area contributed by atoms with E-state index in [4.69, 9.17) is 12.2 Å². The number of hydrogen-bond donors (Lipinski definition) is 4. The van der Waals surface area contributed by atoms with E-state index in [-0.39, 0.29) is 22.3 Å². The van der Waals surface area contributed by atoms with Gasteiger partial charge in [-0.05, 0) is 94.3 Å². The van der Waals surface area contributed by atoms with Gasteiger partial charge in [-0.15, -0.1) is 0 Å². The fourth-order valence-electron chi connectivity index (χ4n) is 3.06. The Morgan fingerprint density at radius 1 is 0.743 bits per heavy atom. The molecule has 4 N–H and O–H groups in total. The molecule has 0 unspecified atom stereocenters. The lowest BCUT2D eigenvalue weighted by Gasteiger charge is -2.19. The molecular weight excluding hydrogens is 575 g/mol. The van der Waals surface area contributed by atoms with Crippen molar-refractivity contribution in [1.82, 2.24) is 16.2 Å². The molecule has 180 valence electrons. The third-order valence-electron chi connectivity index (χ3n) is 5.05. The first kappa shape index (κ1) is 26.3. The number of amides is 3. The van der Waals surface area contributed by atoms with Gasteiger partial charge in [-0.3, -0.25) is 30.6 Å². The Hall–Kier alpha value is -3.31. The van der Waals surface area contributed by atoms with Crippen LogP contribution in [0.4, 0.5) is 5.69 Å². The molecule has 0 saturated carbocycles. The minimum Gasteiger partial charge on any atom is -0.322 e. The van der Waals surface area contributed by atoms with E-state index < -0.39 is 5.91 Å². The van der Waals surface area contributed by atoms with E-state index in [1.54, 1.807) is 48.5 Å². The number of benzene rings is 3. The Morgan fingerprint density at radius 2 is 1.31 bits per heavy atom. The van der Waals surface area contributed by atoms with Crippen LogP contribution >= 0.6 is 34.8 Å². The third kappa shape index (κ3) is 7.33. The number of hydrazine groups is 1. The summed E-state index contributed by atoms with van der Waals surface area (Å²) in [5.74, 6) is -1.07. The summed E-state index contributed by atoms with van der Waals surface area (Å²) in [5.41, 5.74) is 8.03. The fraction of sp³-hybridized carbons (Fsp3) is 0.154. The molecule has 0 aliphatic carbocycles. The molecule has 0 aliphatic rings. The zero-order valence-electron chi connectivity index (χ0n) is 19.4. The lowest BCUT2D eigenvalue weighted by Crippen LogP contribution is -2.48. The summed E-state index contributed by atoms with van der Waals surface area (Å²) in [7, 11) is 0. The molecule has 3 amide bonds. The second-order valence-corrected chi connectivity index (χ2v) is 10.3. The molecule has 3 aromatic carbocycles. The molecule has 3 aromatic rings. The highest BCUT2D eigenvalue weighted by Crippen LogP contribution is 2.22. The number of carbonyl (C=O) groups excluding carboxylic acids is 3. The maximum absolute atomic E-state index is 12.5. The first-order chi connectivity index (χ1) is 16.5. The molecule has 0 spiro atoms. The monoisotopic (exact) mass is 600 g/mol. The van der Waals surface area contributed by atoms with Crippen LogP contribution in [0.25, 0.3) is 0 Å². The van der Waals surface area contributed by atoms with Crippen LogP contribution in [-0.4, -0.2) is 22.8 Å². The van der Waals surface area contributed by atoms with Gasteiger partial charge in [0.2, 0.25) is 0 Å². The Morgan fingerprint density at radius 3 is 1.91 bits per heavy atom. The van der Waals surface area contributed by atoms with Crippen molar-refractivity contribution in [2.24, 2.45) is 0 Å². The predicted molar refractivity (Wildman–Crippen MR) is 149 cm³/mol. The number of halogens is 1. The summed E-state index contributed by atoms with van der Waals surface area (Å²) in [6, 6.07) is 21.0. The summed E-state index contributed by atoms with van der Waals surface area (Å²) in [6.07, 6.45) is 0. The van der Waals surface area contributed by atoms with Crippen molar-refractivity contribution < 1.29 is 14.4 Å². The van der Waals surface area contributed by atoms with E-state index in [1.165, 1.54) is 0 Å². The zero-order chi connectivity index (χ0) is 25.6. The van der Waals surface area contributed by atoms with Gasteiger partial charge in [0.05, 0.1) is 5.56 Å². The van der Waals surface area contributed by atoms with Gasteiger partial charge in [0, 0.05) is 20.4 Å². The predicted octanol–water partition coefficient (Wildman–Crippen LogP) is 4.79. The average molecular weight is 600 g/mol. The maximum Gasteiger partial charge on any atom is 0.269 e. The fourth-order valence-corrected chi connectivity index (χ4v) is 3.84. The summed E-state index contributed by atoms with van der Waals surface area (Å²) in [6.45, 7) is 6.35. The molecular formula is C26H25IN4O3S. The molecule has 0 aromatic heterocycles. The van der Waals surface area contributed by atoms with Gasteiger partial charge in [0.1, 0.15) is 0 Å². The van der Waals surface area contributed by atoms with E-state index in [0.717, 1.165) is 9.13 Å². The molecule has 3 rings (SSSR count). The van der Waals surface area contributed by atoms with Crippen LogP contribution in [0.2, 0.25) is 0 Å². The first-order valence-corrected chi connectivity index (χ1v) is 12.2. The Bertz CT molecular complexity index is 1250. The number of carbonyl (C=O) groups is 3. The smallest absolute Gasteiger partial charge is 0.269 e. The highest BCUT2D eigenvalue weighted by Gasteiger charge is 2.15. The molecule has 0 aliphatic heterocycles. The summed E-state index contributed by atoms with van der Waals surface area (Å²) in [5, 5.41) is 5.30. The molecule has 0 radical (unpaired) electrons. The molecule has 9 heteroatoms. The normalized spacial score (nSPS) is 10.7. The number of anilines is 1. The molecule has 0 atom stereocenters. The SMILES string of the molecule is CC(C)(C)c1ccc(C(=O)Nc2ccc(C(=O)NNC(=S)NC(=O)c3ccccc3I)cc2)cc1. The van der Waals surface area contributed by atoms with Gasteiger partial charge in [-0.2, -0.15) is 0 Å². The Labute approximate surface area is 223 Å². The molecule has 0 heterocycles. The molecule has 0 fully saturated rings. The van der Waals surface area contributed by atoms with Crippen molar-refractivity contribution in [3.63, 3.8) is 0 Å². The van der Waals surface area contributed by atoms with Crippen molar-refractivity contribution in [2.45, 2.75) is 26.2 Å². The Balaban J connectivity index is 1.51. The van der Waals surface area contributed by atoms with Gasteiger partial charge in [-0.1, -0.05) is 45.0 Å². The number of hydrogen-bond acceptors (Lipinski definition) is 4. The van der Waals surface area contributed by atoms with Crippen molar-refractivity contribution >= 4 is 63.3 Å². The quantitative estimate of drug-likeness (QED) is 0.196. The van der Waals surface area contributed by atoms with Gasteiger partial charge in [0.25, 0.3) is 17.7 Å². The third-order valence-corrected chi connectivity index (χ3v) is 6.20. The largest absolute Gasteiger partial charge is 0.322 e. The summed E-state index contributed by atoms with van der Waals surface area (Å²) in [4.78, 5) is 37.2. The average Bonchev–Trinajstić information content (AvgIpc) is 2.82. The van der Waals surface area contributed by atoms with Gasteiger partial charge >= 0.3 is 0 Å². The van der Waals surface area contributed by atoms with E-state index in [2.05, 4.69) is 64.8 Å². The summed E-state index contributed by atoms with van der Waals surface area (Å²) >= 11 is 7.14. The van der Waals surface area contributed by atoms with Crippen molar-refractivity contribution in [1.29, 1.82) is 0 Å². The molecule has 0 saturated heterocycles. The minimum atomic E-state index is -0.452. The first-order valence-electron chi connectivity index (χ1n) is 10.7. The van der Waals surface area contributed by atoms with E-state index in [9.17, 15) is 14.4 Å². The van der Waals surface area contributed by atoms with Crippen LogP contribution in [0.5, 0.6) is 0 Å². The topological polar surface area (TPSA) is 99.3 Å². The van der Waals surface area contributed by atoms with Crippen molar-refractivity contribution in [3.05, 3.63) is 98.6 Å². The second-order valence-electron chi connectivity index (χ2n) is 8.70. The highest BCUT2D eigenvalue weighted by molar-refractivity contribution is 14.1. The van der Waals surface area contributed by atoms with Crippen LogP contribution in [0.1, 0.15) is 57.4 Å².